The van der Waals surface area contributed by atoms with E-state index in [0.29, 0.717) is 0 Å². The number of urea groups is 1. The Kier molecular flexibility index (Phi) is 5.23. The van der Waals surface area contributed by atoms with Crippen LogP contribution in [0.15, 0.2) is 21.9 Å². The SMILES string of the molecule is Cc1ccc(CC[C@H](C)NC(=O)N2CCC[C@@H]2c2csc(C)n2)o1. The Morgan fingerprint density at radius 1 is 1.50 bits per heavy atom. The van der Waals surface area contributed by atoms with Crippen LogP contribution in [0.25, 0.3) is 0 Å². The minimum Gasteiger partial charge on any atom is -0.466 e. The van der Waals surface area contributed by atoms with Crippen molar-refractivity contribution in [2.24, 2.45) is 0 Å². The highest BCUT2D eigenvalue weighted by Crippen LogP contribution is 2.32. The zero-order valence-electron chi connectivity index (χ0n) is 14.5. The average molecular weight is 347 g/mol. The third-order valence-electron chi connectivity index (χ3n) is 4.48. The first kappa shape index (κ1) is 17.0. The third kappa shape index (κ3) is 3.98. The Morgan fingerprint density at radius 3 is 3.00 bits per heavy atom. The van der Waals surface area contributed by atoms with E-state index in [1.54, 1.807) is 11.3 Å². The molecular weight excluding hydrogens is 322 g/mol. The molecule has 1 N–H and O–H groups in total. The molecule has 0 saturated carbocycles. The van der Waals surface area contributed by atoms with Gasteiger partial charge in [-0.1, -0.05) is 0 Å². The number of hydrogen-bond donors (Lipinski definition) is 1. The molecule has 130 valence electrons. The van der Waals surface area contributed by atoms with Crippen LogP contribution in [0.5, 0.6) is 0 Å². The van der Waals surface area contributed by atoms with E-state index in [2.05, 4.69) is 15.7 Å². The fourth-order valence-corrected chi connectivity index (χ4v) is 3.85. The molecule has 1 aliphatic heterocycles. The predicted molar refractivity (Wildman–Crippen MR) is 95.3 cm³/mol. The van der Waals surface area contributed by atoms with Gasteiger partial charge in [0, 0.05) is 24.4 Å². The van der Waals surface area contributed by atoms with Crippen LogP contribution in [0.1, 0.15) is 54.5 Å². The van der Waals surface area contributed by atoms with E-state index in [-0.39, 0.29) is 18.1 Å². The number of thiazole rings is 1. The van der Waals surface area contributed by atoms with Gasteiger partial charge in [-0.25, -0.2) is 9.78 Å². The lowest BCUT2D eigenvalue weighted by Gasteiger charge is -2.25. The van der Waals surface area contributed by atoms with E-state index in [9.17, 15) is 4.79 Å². The van der Waals surface area contributed by atoms with Crippen molar-refractivity contribution in [2.75, 3.05) is 6.54 Å². The standard InChI is InChI=1S/C18H25N3O2S/c1-12(6-8-15-9-7-13(2)23-15)19-18(22)21-10-4-5-17(21)16-11-24-14(3)20-16/h7,9,11-12,17H,4-6,8,10H2,1-3H3,(H,19,22)/t12-,17+/m0/s1. The lowest BCUT2D eigenvalue weighted by atomic mass is 10.1. The molecule has 0 aliphatic carbocycles. The molecule has 6 heteroatoms. The van der Waals surface area contributed by atoms with E-state index in [4.69, 9.17) is 4.42 Å². The minimum absolute atomic E-state index is 0.0197. The van der Waals surface area contributed by atoms with Crippen LogP contribution < -0.4 is 5.32 Å². The first-order chi connectivity index (χ1) is 11.5. The molecule has 0 unspecified atom stereocenters. The van der Waals surface area contributed by atoms with Crippen LogP contribution in [-0.4, -0.2) is 28.5 Å². The van der Waals surface area contributed by atoms with E-state index >= 15 is 0 Å². The second-order valence-corrected chi connectivity index (χ2v) is 7.61. The van der Waals surface area contributed by atoms with E-state index < -0.39 is 0 Å². The number of likely N-dealkylation sites (tertiary alicyclic amines) is 1. The number of furan rings is 1. The van der Waals surface area contributed by atoms with Gasteiger partial charge in [-0.05, 0) is 52.2 Å². The van der Waals surface area contributed by atoms with Crippen molar-refractivity contribution in [1.29, 1.82) is 0 Å². The zero-order valence-corrected chi connectivity index (χ0v) is 15.4. The molecule has 24 heavy (non-hydrogen) atoms. The molecule has 1 aliphatic rings. The summed E-state index contributed by atoms with van der Waals surface area (Å²) in [5, 5.41) is 6.26. The normalized spacial score (nSPS) is 18.8. The Balaban J connectivity index is 1.53. The fourth-order valence-electron chi connectivity index (χ4n) is 3.19. The molecule has 1 saturated heterocycles. The summed E-state index contributed by atoms with van der Waals surface area (Å²) in [4.78, 5) is 19.1. The maximum absolute atomic E-state index is 12.6. The summed E-state index contributed by atoms with van der Waals surface area (Å²) < 4.78 is 5.59. The van der Waals surface area contributed by atoms with Gasteiger partial charge in [0.2, 0.25) is 0 Å². The van der Waals surface area contributed by atoms with E-state index in [0.717, 1.165) is 54.5 Å². The molecular formula is C18H25N3O2S. The van der Waals surface area contributed by atoms with E-state index in [1.165, 1.54) is 0 Å². The first-order valence-corrected chi connectivity index (χ1v) is 9.45. The molecule has 0 bridgehead atoms. The van der Waals surface area contributed by atoms with Crippen LogP contribution in [0.3, 0.4) is 0 Å². The third-order valence-corrected chi connectivity index (χ3v) is 5.27. The summed E-state index contributed by atoms with van der Waals surface area (Å²) in [6.45, 7) is 6.80. The summed E-state index contributed by atoms with van der Waals surface area (Å²) in [6, 6.07) is 4.23. The number of carbonyl (C=O) groups is 1. The molecule has 2 atom stereocenters. The van der Waals surface area contributed by atoms with E-state index in [1.807, 2.05) is 37.8 Å². The second kappa shape index (κ2) is 7.38. The van der Waals surface area contributed by atoms with Crippen LogP contribution in [0, 0.1) is 13.8 Å². The van der Waals surface area contributed by atoms with Crippen LogP contribution in [0.2, 0.25) is 0 Å². The number of nitrogens with one attached hydrogen (secondary N) is 1. The van der Waals surface area contributed by atoms with Gasteiger partial charge in [0.15, 0.2) is 0 Å². The van der Waals surface area contributed by atoms with Crippen molar-refractivity contribution in [3.8, 4) is 0 Å². The summed E-state index contributed by atoms with van der Waals surface area (Å²) in [7, 11) is 0. The number of amides is 2. The van der Waals surface area contributed by atoms with Crippen molar-refractivity contribution in [1.82, 2.24) is 15.2 Å². The molecule has 2 aromatic heterocycles. The van der Waals surface area contributed by atoms with Gasteiger partial charge in [0.25, 0.3) is 0 Å². The van der Waals surface area contributed by atoms with Crippen LogP contribution >= 0.6 is 11.3 Å². The number of hydrogen-bond acceptors (Lipinski definition) is 4. The van der Waals surface area contributed by atoms with Gasteiger partial charge < -0.3 is 14.6 Å². The molecule has 5 nitrogen and oxygen atoms in total. The van der Waals surface area contributed by atoms with Gasteiger partial charge in [-0.2, -0.15) is 0 Å². The number of aromatic nitrogens is 1. The van der Waals surface area contributed by atoms with Gasteiger partial charge in [0.1, 0.15) is 11.5 Å². The van der Waals surface area contributed by atoms with Gasteiger partial charge in [0.05, 0.1) is 16.7 Å². The Hall–Kier alpha value is -1.82. The molecule has 2 amide bonds. The molecule has 2 aromatic rings. The molecule has 0 aromatic carbocycles. The molecule has 0 radical (unpaired) electrons. The number of carbonyl (C=O) groups excluding carboxylic acids is 1. The first-order valence-electron chi connectivity index (χ1n) is 8.57. The largest absolute Gasteiger partial charge is 0.466 e. The molecule has 3 heterocycles. The van der Waals surface area contributed by atoms with Crippen molar-refractivity contribution < 1.29 is 9.21 Å². The summed E-state index contributed by atoms with van der Waals surface area (Å²) in [6.07, 6.45) is 3.74. The second-order valence-electron chi connectivity index (χ2n) is 6.54. The van der Waals surface area contributed by atoms with Crippen LogP contribution in [0.4, 0.5) is 4.79 Å². The lowest BCUT2D eigenvalue weighted by molar-refractivity contribution is 0.188. The Bertz CT molecular complexity index is 694. The summed E-state index contributed by atoms with van der Waals surface area (Å²) in [5.74, 6) is 1.91. The Labute approximate surface area is 147 Å². The Morgan fingerprint density at radius 2 is 2.33 bits per heavy atom. The maximum Gasteiger partial charge on any atom is 0.318 e. The van der Waals surface area contributed by atoms with Crippen molar-refractivity contribution in [3.05, 3.63) is 39.7 Å². The summed E-state index contributed by atoms with van der Waals surface area (Å²) >= 11 is 1.65. The highest BCUT2D eigenvalue weighted by atomic mass is 32.1. The van der Waals surface area contributed by atoms with Gasteiger partial charge in [-0.3, -0.25) is 0 Å². The smallest absolute Gasteiger partial charge is 0.318 e. The number of aryl methyl sites for hydroxylation is 3. The minimum atomic E-state index is 0.0197. The monoisotopic (exact) mass is 347 g/mol. The van der Waals surface area contributed by atoms with Crippen LogP contribution in [-0.2, 0) is 6.42 Å². The summed E-state index contributed by atoms with van der Waals surface area (Å²) in [5.41, 5.74) is 1.03. The number of nitrogens with zero attached hydrogens (tertiary/aromatic N) is 2. The maximum atomic E-state index is 12.6. The lowest BCUT2D eigenvalue weighted by Crippen LogP contribution is -2.43. The zero-order chi connectivity index (χ0) is 17.1. The highest BCUT2D eigenvalue weighted by Gasteiger charge is 2.31. The van der Waals surface area contributed by atoms with Crippen molar-refractivity contribution in [3.63, 3.8) is 0 Å². The number of rotatable bonds is 5. The average Bonchev–Trinajstić information content (AvgIpc) is 3.25. The fraction of sp³-hybridized carbons (Fsp3) is 0.556. The molecule has 1 fully saturated rings. The van der Waals surface area contributed by atoms with Gasteiger partial charge in [-0.15, -0.1) is 11.3 Å². The molecule has 0 spiro atoms. The van der Waals surface area contributed by atoms with Gasteiger partial charge >= 0.3 is 6.03 Å². The topological polar surface area (TPSA) is 58.4 Å². The highest BCUT2D eigenvalue weighted by molar-refractivity contribution is 7.09. The molecule has 3 rings (SSSR count). The van der Waals surface area contributed by atoms with Crippen molar-refractivity contribution in [2.45, 2.75) is 58.5 Å². The quantitative estimate of drug-likeness (QED) is 0.881. The predicted octanol–water partition coefficient (Wildman–Crippen LogP) is 4.22. The van der Waals surface area contributed by atoms with Crippen molar-refractivity contribution >= 4 is 17.4 Å².